The number of aryl methyl sites for hydroxylation is 1. The molecule has 1 heterocycles. The van der Waals surface area contributed by atoms with E-state index in [1.54, 1.807) is 4.90 Å². The zero-order chi connectivity index (χ0) is 15.0. The third kappa shape index (κ3) is 2.43. The van der Waals surface area contributed by atoms with Crippen LogP contribution in [0, 0.1) is 6.92 Å². The highest BCUT2D eigenvalue weighted by molar-refractivity contribution is 5.98. The van der Waals surface area contributed by atoms with Gasteiger partial charge in [-0.1, -0.05) is 42.7 Å². The van der Waals surface area contributed by atoms with E-state index in [0.29, 0.717) is 0 Å². The first-order valence-corrected chi connectivity index (χ1v) is 7.70. The van der Waals surface area contributed by atoms with Crippen molar-refractivity contribution in [2.45, 2.75) is 51.1 Å². The van der Waals surface area contributed by atoms with Crippen molar-refractivity contribution in [3.8, 4) is 0 Å². The summed E-state index contributed by atoms with van der Waals surface area (Å²) in [6.45, 7) is 4.21. The minimum Gasteiger partial charge on any atom is -0.340 e. The molecule has 1 aliphatic heterocycles. The molecular weight excluding hydrogens is 264 g/mol. The molecule has 1 aromatic carbocycles. The fourth-order valence-corrected chi connectivity index (χ4v) is 3.52. The SMILES string of the molecule is Cc1ccc(C(C)N2CC(=O)NC3(CCCC3)C2=O)cc1. The van der Waals surface area contributed by atoms with Gasteiger partial charge in [0.15, 0.2) is 0 Å². The standard InChI is InChI=1S/C17H22N2O2/c1-12-5-7-14(8-6-12)13(2)19-11-15(20)18-17(16(19)21)9-3-4-10-17/h5-8,13H,3-4,9-11H2,1-2H3,(H,18,20). The lowest BCUT2D eigenvalue weighted by Crippen LogP contribution is -2.65. The average Bonchev–Trinajstić information content (AvgIpc) is 2.92. The minimum atomic E-state index is -0.631. The molecule has 1 N–H and O–H groups in total. The number of carbonyl (C=O) groups is 2. The number of amides is 2. The third-order valence-corrected chi connectivity index (χ3v) is 4.85. The van der Waals surface area contributed by atoms with Gasteiger partial charge < -0.3 is 10.2 Å². The topological polar surface area (TPSA) is 49.4 Å². The number of piperazine rings is 1. The van der Waals surface area contributed by atoms with Crippen molar-refractivity contribution in [1.82, 2.24) is 10.2 Å². The molecule has 1 aliphatic carbocycles. The number of rotatable bonds is 2. The van der Waals surface area contributed by atoms with Gasteiger partial charge in [0.05, 0.1) is 6.04 Å². The number of benzene rings is 1. The summed E-state index contributed by atoms with van der Waals surface area (Å²) in [5.74, 6) is 0.0585. The van der Waals surface area contributed by atoms with Crippen molar-refractivity contribution in [3.63, 3.8) is 0 Å². The molecule has 4 nitrogen and oxygen atoms in total. The summed E-state index contributed by atoms with van der Waals surface area (Å²) < 4.78 is 0. The lowest BCUT2D eigenvalue weighted by Gasteiger charge is -2.42. The van der Waals surface area contributed by atoms with Gasteiger partial charge in [-0.15, -0.1) is 0 Å². The van der Waals surface area contributed by atoms with Crippen LogP contribution in [0.25, 0.3) is 0 Å². The van der Waals surface area contributed by atoms with Gasteiger partial charge in [0.1, 0.15) is 12.1 Å². The smallest absolute Gasteiger partial charge is 0.249 e. The molecule has 1 atom stereocenters. The number of hydrogen-bond donors (Lipinski definition) is 1. The molecule has 2 fully saturated rings. The summed E-state index contributed by atoms with van der Waals surface area (Å²) in [6, 6.07) is 8.11. The zero-order valence-corrected chi connectivity index (χ0v) is 12.7. The summed E-state index contributed by atoms with van der Waals surface area (Å²) in [4.78, 5) is 26.7. The normalized spacial score (nSPS) is 22.5. The summed E-state index contributed by atoms with van der Waals surface area (Å²) in [6.07, 6.45) is 3.57. The molecule has 1 aromatic rings. The van der Waals surface area contributed by atoms with Crippen LogP contribution in [0.15, 0.2) is 24.3 Å². The van der Waals surface area contributed by atoms with Crippen LogP contribution < -0.4 is 5.32 Å². The number of hydrogen-bond acceptors (Lipinski definition) is 2. The highest BCUT2D eigenvalue weighted by Crippen LogP contribution is 2.36. The van der Waals surface area contributed by atoms with Crippen molar-refractivity contribution in [3.05, 3.63) is 35.4 Å². The largest absolute Gasteiger partial charge is 0.340 e. The number of nitrogens with zero attached hydrogens (tertiary/aromatic N) is 1. The van der Waals surface area contributed by atoms with Crippen molar-refractivity contribution in [2.75, 3.05) is 6.54 Å². The van der Waals surface area contributed by atoms with Crippen LogP contribution in [-0.2, 0) is 9.59 Å². The number of nitrogens with one attached hydrogen (secondary N) is 1. The Bertz CT molecular complexity index is 559. The van der Waals surface area contributed by atoms with Crippen LogP contribution in [0.4, 0.5) is 0 Å². The molecule has 4 heteroatoms. The zero-order valence-electron chi connectivity index (χ0n) is 12.7. The molecule has 0 aromatic heterocycles. The van der Waals surface area contributed by atoms with E-state index in [1.165, 1.54) is 5.56 Å². The molecule has 1 unspecified atom stereocenters. The lowest BCUT2D eigenvalue weighted by atomic mass is 9.91. The van der Waals surface area contributed by atoms with Crippen molar-refractivity contribution in [1.29, 1.82) is 0 Å². The molecule has 1 saturated heterocycles. The maximum atomic E-state index is 12.9. The quantitative estimate of drug-likeness (QED) is 0.907. The first kappa shape index (κ1) is 14.1. The van der Waals surface area contributed by atoms with Gasteiger partial charge in [-0.25, -0.2) is 0 Å². The van der Waals surface area contributed by atoms with Gasteiger partial charge >= 0.3 is 0 Å². The van der Waals surface area contributed by atoms with Gasteiger partial charge in [-0.3, -0.25) is 9.59 Å². The maximum absolute atomic E-state index is 12.9. The van der Waals surface area contributed by atoms with E-state index >= 15 is 0 Å². The Morgan fingerprint density at radius 3 is 2.38 bits per heavy atom. The molecule has 2 aliphatic rings. The van der Waals surface area contributed by atoms with Gasteiger partial charge in [0, 0.05) is 0 Å². The molecule has 21 heavy (non-hydrogen) atoms. The first-order chi connectivity index (χ1) is 10.0. The Balaban J connectivity index is 1.87. The summed E-state index contributed by atoms with van der Waals surface area (Å²) in [7, 11) is 0. The minimum absolute atomic E-state index is 0.0320. The van der Waals surface area contributed by atoms with E-state index in [0.717, 1.165) is 31.2 Å². The molecule has 3 rings (SSSR count). The van der Waals surface area contributed by atoms with Gasteiger partial charge in [0.25, 0.3) is 0 Å². The van der Waals surface area contributed by atoms with Crippen LogP contribution >= 0.6 is 0 Å². The molecule has 1 saturated carbocycles. The monoisotopic (exact) mass is 286 g/mol. The summed E-state index contributed by atoms with van der Waals surface area (Å²) in [5.41, 5.74) is 1.65. The average molecular weight is 286 g/mol. The van der Waals surface area contributed by atoms with E-state index in [9.17, 15) is 9.59 Å². The van der Waals surface area contributed by atoms with E-state index in [2.05, 4.69) is 5.32 Å². The van der Waals surface area contributed by atoms with Gasteiger partial charge in [-0.2, -0.15) is 0 Å². The molecule has 0 bridgehead atoms. The fraction of sp³-hybridized carbons (Fsp3) is 0.529. The first-order valence-electron chi connectivity index (χ1n) is 7.70. The predicted octanol–water partition coefficient (Wildman–Crippen LogP) is 2.33. The van der Waals surface area contributed by atoms with Crippen molar-refractivity contribution < 1.29 is 9.59 Å². The second kappa shape index (κ2) is 5.17. The van der Waals surface area contributed by atoms with E-state index in [1.807, 2.05) is 38.1 Å². The summed E-state index contributed by atoms with van der Waals surface area (Å²) in [5, 5.41) is 2.96. The highest BCUT2D eigenvalue weighted by atomic mass is 16.2. The van der Waals surface area contributed by atoms with E-state index in [-0.39, 0.29) is 24.4 Å². The van der Waals surface area contributed by atoms with Gasteiger partial charge in [0.2, 0.25) is 11.8 Å². The number of carbonyl (C=O) groups excluding carboxylic acids is 2. The Labute approximate surface area is 125 Å². The van der Waals surface area contributed by atoms with Crippen LogP contribution in [0.5, 0.6) is 0 Å². The van der Waals surface area contributed by atoms with Crippen LogP contribution in [0.2, 0.25) is 0 Å². The van der Waals surface area contributed by atoms with E-state index < -0.39 is 5.54 Å². The molecule has 0 radical (unpaired) electrons. The Morgan fingerprint density at radius 2 is 1.76 bits per heavy atom. The molecule has 1 spiro atoms. The second-order valence-electron chi connectivity index (χ2n) is 6.36. The Kier molecular flexibility index (Phi) is 3.47. The lowest BCUT2D eigenvalue weighted by molar-refractivity contribution is -0.152. The molecule has 2 amide bonds. The maximum Gasteiger partial charge on any atom is 0.249 e. The van der Waals surface area contributed by atoms with Crippen LogP contribution in [0.3, 0.4) is 0 Å². The van der Waals surface area contributed by atoms with Crippen molar-refractivity contribution >= 4 is 11.8 Å². The highest BCUT2D eigenvalue weighted by Gasteiger charge is 2.49. The molecular formula is C17H22N2O2. The Hall–Kier alpha value is -1.84. The molecule has 112 valence electrons. The third-order valence-electron chi connectivity index (χ3n) is 4.85. The summed E-state index contributed by atoms with van der Waals surface area (Å²) >= 11 is 0. The van der Waals surface area contributed by atoms with Crippen LogP contribution in [-0.4, -0.2) is 28.8 Å². The Morgan fingerprint density at radius 1 is 1.14 bits per heavy atom. The fourth-order valence-electron chi connectivity index (χ4n) is 3.52. The van der Waals surface area contributed by atoms with E-state index in [4.69, 9.17) is 0 Å². The van der Waals surface area contributed by atoms with Crippen LogP contribution in [0.1, 0.15) is 49.8 Å². The van der Waals surface area contributed by atoms with Gasteiger partial charge in [-0.05, 0) is 32.3 Å². The predicted molar refractivity (Wildman–Crippen MR) is 80.6 cm³/mol. The van der Waals surface area contributed by atoms with Crippen molar-refractivity contribution in [2.24, 2.45) is 0 Å². The second-order valence-corrected chi connectivity index (χ2v) is 6.36.